The van der Waals surface area contributed by atoms with Gasteiger partial charge in [-0.3, -0.25) is 0 Å². The molecule has 3 nitrogen and oxygen atoms in total. The molecule has 1 aromatic rings. The van der Waals surface area contributed by atoms with E-state index in [2.05, 4.69) is 29.7 Å². The lowest BCUT2D eigenvalue weighted by molar-refractivity contribution is 0.529. The van der Waals surface area contributed by atoms with Crippen LogP contribution in [0.5, 0.6) is 0 Å². The molecule has 0 amide bonds. The zero-order valence-electron chi connectivity index (χ0n) is 10.9. The number of nitrogens with one attached hydrogen (secondary N) is 2. The number of pyridine rings is 1. The Balaban J connectivity index is 1.95. The predicted octanol–water partition coefficient (Wildman–Crippen LogP) is 2.23. The molecule has 0 radical (unpaired) electrons. The van der Waals surface area contributed by atoms with Gasteiger partial charge in [0.2, 0.25) is 0 Å². The molecule has 2 rings (SSSR count). The van der Waals surface area contributed by atoms with E-state index >= 15 is 0 Å². The SMILES string of the molecule is CCc1ccc(CC[C@@H]2CCNC2)nc1NC. The molecule has 0 aliphatic carbocycles. The Kier molecular flexibility index (Phi) is 4.37. The first-order valence-electron chi connectivity index (χ1n) is 6.70. The highest BCUT2D eigenvalue weighted by Gasteiger charge is 2.14. The van der Waals surface area contributed by atoms with Gasteiger partial charge in [-0.15, -0.1) is 0 Å². The quantitative estimate of drug-likeness (QED) is 0.819. The fourth-order valence-corrected chi connectivity index (χ4v) is 2.48. The molecule has 0 aromatic carbocycles. The average molecular weight is 233 g/mol. The molecule has 94 valence electrons. The van der Waals surface area contributed by atoms with Crippen LogP contribution in [0.3, 0.4) is 0 Å². The first kappa shape index (κ1) is 12.4. The Morgan fingerprint density at radius 2 is 2.35 bits per heavy atom. The highest BCUT2D eigenvalue weighted by Crippen LogP contribution is 2.18. The van der Waals surface area contributed by atoms with Gasteiger partial charge in [0.25, 0.3) is 0 Å². The number of hydrogen-bond donors (Lipinski definition) is 2. The molecule has 0 bridgehead atoms. The molecule has 0 unspecified atom stereocenters. The van der Waals surface area contributed by atoms with Crippen molar-refractivity contribution in [2.24, 2.45) is 5.92 Å². The van der Waals surface area contributed by atoms with E-state index in [4.69, 9.17) is 4.98 Å². The predicted molar refractivity (Wildman–Crippen MR) is 72.5 cm³/mol. The Hall–Kier alpha value is -1.09. The standard InChI is InChI=1S/C14H23N3/c1-3-12-5-7-13(17-14(12)15-2)6-4-11-8-9-16-10-11/h5,7,11,16H,3-4,6,8-10H2,1-2H3,(H,15,17)/t11-/m1/s1. The monoisotopic (exact) mass is 233 g/mol. The number of aryl methyl sites for hydroxylation is 2. The average Bonchev–Trinajstić information content (AvgIpc) is 2.89. The maximum absolute atomic E-state index is 4.69. The molecule has 1 aliphatic heterocycles. The maximum atomic E-state index is 4.69. The maximum Gasteiger partial charge on any atom is 0.129 e. The van der Waals surface area contributed by atoms with Crippen LogP contribution in [0.25, 0.3) is 0 Å². The largest absolute Gasteiger partial charge is 0.373 e. The number of aromatic nitrogens is 1. The Morgan fingerprint density at radius 1 is 1.47 bits per heavy atom. The zero-order chi connectivity index (χ0) is 12.1. The molecule has 3 heteroatoms. The second kappa shape index (κ2) is 6.01. The van der Waals surface area contributed by atoms with Gasteiger partial charge in [-0.05, 0) is 56.3 Å². The number of rotatable bonds is 5. The molecule has 1 saturated heterocycles. The van der Waals surface area contributed by atoms with E-state index < -0.39 is 0 Å². The van der Waals surface area contributed by atoms with E-state index in [0.29, 0.717) is 0 Å². The summed E-state index contributed by atoms with van der Waals surface area (Å²) in [6, 6.07) is 4.39. The minimum atomic E-state index is 0.848. The number of nitrogens with zero attached hydrogens (tertiary/aromatic N) is 1. The van der Waals surface area contributed by atoms with Crippen LogP contribution in [0.15, 0.2) is 12.1 Å². The summed E-state index contributed by atoms with van der Waals surface area (Å²) in [7, 11) is 1.95. The summed E-state index contributed by atoms with van der Waals surface area (Å²) in [6.45, 7) is 4.54. The molecular weight excluding hydrogens is 210 g/mol. The molecule has 1 aliphatic rings. The Labute approximate surface area is 104 Å². The van der Waals surface area contributed by atoms with Crippen molar-refractivity contribution in [3.05, 3.63) is 23.4 Å². The van der Waals surface area contributed by atoms with Crippen LogP contribution in [0, 0.1) is 5.92 Å². The molecule has 1 aromatic heterocycles. The Bertz CT molecular complexity index is 356. The van der Waals surface area contributed by atoms with Crippen LogP contribution in [0.2, 0.25) is 0 Å². The van der Waals surface area contributed by atoms with Crippen LogP contribution in [-0.4, -0.2) is 25.1 Å². The highest BCUT2D eigenvalue weighted by atomic mass is 15.0. The van der Waals surface area contributed by atoms with Crippen LogP contribution >= 0.6 is 0 Å². The van der Waals surface area contributed by atoms with Crippen molar-refractivity contribution in [1.29, 1.82) is 0 Å². The van der Waals surface area contributed by atoms with Gasteiger partial charge in [-0.2, -0.15) is 0 Å². The van der Waals surface area contributed by atoms with Crippen molar-refractivity contribution in [1.82, 2.24) is 10.3 Å². The van der Waals surface area contributed by atoms with Gasteiger partial charge < -0.3 is 10.6 Å². The van der Waals surface area contributed by atoms with Gasteiger partial charge in [0.15, 0.2) is 0 Å². The van der Waals surface area contributed by atoms with Crippen LogP contribution in [0.4, 0.5) is 5.82 Å². The van der Waals surface area contributed by atoms with Crippen molar-refractivity contribution < 1.29 is 0 Å². The smallest absolute Gasteiger partial charge is 0.129 e. The summed E-state index contributed by atoms with van der Waals surface area (Å²) in [5, 5.41) is 6.61. The molecule has 1 fully saturated rings. The first-order chi connectivity index (χ1) is 8.33. The minimum absolute atomic E-state index is 0.848. The van der Waals surface area contributed by atoms with Gasteiger partial charge in [0.05, 0.1) is 0 Å². The molecular formula is C14H23N3. The summed E-state index contributed by atoms with van der Waals surface area (Å²) in [6.07, 6.45) is 4.72. The van der Waals surface area contributed by atoms with E-state index in [-0.39, 0.29) is 0 Å². The lowest BCUT2D eigenvalue weighted by atomic mass is 10.0. The number of anilines is 1. The molecule has 0 spiro atoms. The van der Waals surface area contributed by atoms with Gasteiger partial charge in [-0.1, -0.05) is 13.0 Å². The fraction of sp³-hybridized carbons (Fsp3) is 0.643. The summed E-state index contributed by atoms with van der Waals surface area (Å²) >= 11 is 0. The van der Waals surface area contributed by atoms with Crippen LogP contribution in [0.1, 0.15) is 31.0 Å². The summed E-state index contributed by atoms with van der Waals surface area (Å²) in [5.74, 6) is 1.90. The third kappa shape index (κ3) is 3.19. The van der Waals surface area contributed by atoms with E-state index in [1.165, 1.54) is 37.2 Å². The lowest BCUT2D eigenvalue weighted by Crippen LogP contribution is -2.10. The molecule has 2 N–H and O–H groups in total. The van der Waals surface area contributed by atoms with E-state index in [1.54, 1.807) is 0 Å². The van der Waals surface area contributed by atoms with Gasteiger partial charge in [0, 0.05) is 12.7 Å². The van der Waals surface area contributed by atoms with Crippen molar-refractivity contribution >= 4 is 5.82 Å². The minimum Gasteiger partial charge on any atom is -0.373 e. The van der Waals surface area contributed by atoms with Gasteiger partial charge in [0.1, 0.15) is 5.82 Å². The summed E-state index contributed by atoms with van der Waals surface area (Å²) < 4.78 is 0. The van der Waals surface area contributed by atoms with Crippen molar-refractivity contribution in [3.63, 3.8) is 0 Å². The number of hydrogen-bond acceptors (Lipinski definition) is 3. The highest BCUT2D eigenvalue weighted by molar-refractivity contribution is 5.44. The first-order valence-corrected chi connectivity index (χ1v) is 6.70. The zero-order valence-corrected chi connectivity index (χ0v) is 10.9. The van der Waals surface area contributed by atoms with Gasteiger partial charge in [-0.25, -0.2) is 4.98 Å². The second-order valence-corrected chi connectivity index (χ2v) is 4.81. The van der Waals surface area contributed by atoms with Crippen molar-refractivity contribution in [2.45, 2.75) is 32.6 Å². The summed E-state index contributed by atoms with van der Waals surface area (Å²) in [5.41, 5.74) is 2.53. The molecule has 2 heterocycles. The van der Waals surface area contributed by atoms with Gasteiger partial charge >= 0.3 is 0 Å². The molecule has 1 atom stereocenters. The lowest BCUT2D eigenvalue weighted by Gasteiger charge is -2.11. The van der Waals surface area contributed by atoms with E-state index in [1.807, 2.05) is 7.05 Å². The van der Waals surface area contributed by atoms with E-state index in [9.17, 15) is 0 Å². The van der Waals surface area contributed by atoms with Crippen molar-refractivity contribution in [3.8, 4) is 0 Å². The second-order valence-electron chi connectivity index (χ2n) is 4.81. The Morgan fingerprint density at radius 3 is 3.00 bits per heavy atom. The summed E-state index contributed by atoms with van der Waals surface area (Å²) in [4.78, 5) is 4.69. The van der Waals surface area contributed by atoms with Crippen LogP contribution < -0.4 is 10.6 Å². The third-order valence-electron chi connectivity index (χ3n) is 3.63. The fourth-order valence-electron chi connectivity index (χ4n) is 2.48. The topological polar surface area (TPSA) is 37.0 Å². The third-order valence-corrected chi connectivity index (χ3v) is 3.63. The molecule has 17 heavy (non-hydrogen) atoms. The normalized spacial score (nSPS) is 19.5. The van der Waals surface area contributed by atoms with E-state index in [0.717, 1.165) is 24.6 Å². The van der Waals surface area contributed by atoms with Crippen molar-refractivity contribution in [2.75, 3.05) is 25.5 Å². The molecule has 0 saturated carbocycles. The van der Waals surface area contributed by atoms with Crippen LogP contribution in [-0.2, 0) is 12.8 Å².